The van der Waals surface area contributed by atoms with Gasteiger partial charge in [0.05, 0.1) is 0 Å². The van der Waals surface area contributed by atoms with Gasteiger partial charge >= 0.3 is 0 Å². The lowest BCUT2D eigenvalue weighted by atomic mass is 9.83. The first-order valence-electron chi connectivity index (χ1n) is 11.3. The second-order valence-electron chi connectivity index (χ2n) is 8.51. The molecule has 0 aliphatic rings. The summed E-state index contributed by atoms with van der Waals surface area (Å²) in [5.41, 5.74) is 9.52. The van der Waals surface area contributed by atoms with Crippen LogP contribution in [0.3, 0.4) is 0 Å². The van der Waals surface area contributed by atoms with Gasteiger partial charge in [-0.1, -0.05) is 67.3 Å². The molecule has 0 aliphatic carbocycles. The van der Waals surface area contributed by atoms with Gasteiger partial charge in [-0.05, 0) is 89.7 Å². The van der Waals surface area contributed by atoms with Gasteiger partial charge < -0.3 is 5.32 Å². The van der Waals surface area contributed by atoms with Gasteiger partial charge in [0.2, 0.25) is 0 Å². The highest BCUT2D eigenvalue weighted by atomic mass is 19.1. The number of halogens is 1. The fourth-order valence-electron chi connectivity index (χ4n) is 4.92. The lowest BCUT2D eigenvalue weighted by Crippen LogP contribution is -2.04. The number of benzene rings is 4. The normalized spacial score (nSPS) is 11.3. The zero-order chi connectivity index (χ0) is 23.7. The van der Waals surface area contributed by atoms with E-state index in [1.165, 1.54) is 5.39 Å². The number of allylic oxidation sites excluding steroid dienone is 1. The van der Waals surface area contributed by atoms with Crippen LogP contribution < -0.4 is 5.32 Å². The summed E-state index contributed by atoms with van der Waals surface area (Å²) in [4.78, 5) is 0. The number of anilines is 1. The summed E-state index contributed by atoms with van der Waals surface area (Å²) >= 11 is 0. The minimum atomic E-state index is -0.211. The van der Waals surface area contributed by atoms with Crippen molar-refractivity contribution in [1.82, 2.24) is 0 Å². The smallest absolute Gasteiger partial charge is 0.131 e. The van der Waals surface area contributed by atoms with Crippen molar-refractivity contribution in [3.8, 4) is 11.1 Å². The summed E-state index contributed by atoms with van der Waals surface area (Å²) in [6.45, 7) is 12.6. The van der Waals surface area contributed by atoms with Crippen LogP contribution in [0.2, 0.25) is 0 Å². The molecule has 0 amide bonds. The van der Waals surface area contributed by atoms with E-state index in [-0.39, 0.29) is 5.82 Å². The SMILES string of the molecule is C=C(c1cc2ccccc2c(NC)c1C)c1c(/C=C\C)cc(F)c(-c2ccccc2C)c1C. The van der Waals surface area contributed by atoms with Gasteiger partial charge in [-0.25, -0.2) is 4.39 Å². The molecule has 0 radical (unpaired) electrons. The van der Waals surface area contributed by atoms with E-state index in [0.717, 1.165) is 55.6 Å². The van der Waals surface area contributed by atoms with Crippen LogP contribution in [0.25, 0.3) is 33.5 Å². The van der Waals surface area contributed by atoms with Crippen molar-refractivity contribution in [2.24, 2.45) is 0 Å². The van der Waals surface area contributed by atoms with E-state index in [4.69, 9.17) is 0 Å². The molecule has 2 heteroatoms. The van der Waals surface area contributed by atoms with Gasteiger partial charge in [-0.2, -0.15) is 0 Å². The Bertz CT molecular complexity index is 1410. The third kappa shape index (κ3) is 3.87. The topological polar surface area (TPSA) is 12.0 Å². The maximum Gasteiger partial charge on any atom is 0.131 e. The molecule has 4 rings (SSSR count). The molecule has 4 aromatic rings. The van der Waals surface area contributed by atoms with Crippen molar-refractivity contribution in [3.63, 3.8) is 0 Å². The molecular formula is C31H30FN. The Morgan fingerprint density at radius 1 is 0.939 bits per heavy atom. The van der Waals surface area contributed by atoms with Crippen molar-refractivity contribution in [2.45, 2.75) is 27.7 Å². The quantitative estimate of drug-likeness (QED) is 0.330. The minimum Gasteiger partial charge on any atom is -0.387 e. The van der Waals surface area contributed by atoms with Gasteiger partial charge in [0.1, 0.15) is 5.82 Å². The predicted octanol–water partition coefficient (Wildman–Crippen LogP) is 8.71. The standard InChI is InChI=1S/C31H30FN/c1-7-12-24-18-28(32)30(25-15-10-8-13-19(25)2)22(5)29(24)20(3)27-17-23-14-9-11-16-26(23)31(33-6)21(27)4/h7-18,33H,3H2,1-2,4-6H3/b12-7-. The Morgan fingerprint density at radius 2 is 1.64 bits per heavy atom. The molecule has 0 bridgehead atoms. The second kappa shape index (κ2) is 9.07. The average Bonchev–Trinajstić information content (AvgIpc) is 2.80. The molecule has 0 fully saturated rings. The third-order valence-electron chi connectivity index (χ3n) is 6.51. The minimum absolute atomic E-state index is 0.211. The van der Waals surface area contributed by atoms with Crippen LogP contribution >= 0.6 is 0 Å². The Kier molecular flexibility index (Phi) is 6.20. The number of rotatable bonds is 5. The summed E-state index contributed by atoms with van der Waals surface area (Å²) in [5, 5.41) is 5.71. The van der Waals surface area contributed by atoms with Crippen molar-refractivity contribution >= 4 is 28.1 Å². The first-order valence-corrected chi connectivity index (χ1v) is 11.3. The van der Waals surface area contributed by atoms with E-state index in [9.17, 15) is 0 Å². The predicted molar refractivity (Wildman–Crippen MR) is 142 cm³/mol. The highest BCUT2D eigenvalue weighted by Gasteiger charge is 2.21. The van der Waals surface area contributed by atoms with E-state index >= 15 is 4.39 Å². The van der Waals surface area contributed by atoms with E-state index in [1.807, 2.05) is 70.3 Å². The Morgan fingerprint density at radius 3 is 2.33 bits per heavy atom. The number of aryl methyl sites for hydroxylation is 1. The van der Waals surface area contributed by atoms with Gasteiger partial charge in [-0.15, -0.1) is 0 Å². The van der Waals surface area contributed by atoms with Gasteiger partial charge in [-0.3, -0.25) is 0 Å². The van der Waals surface area contributed by atoms with Crippen molar-refractivity contribution in [2.75, 3.05) is 12.4 Å². The fourth-order valence-corrected chi connectivity index (χ4v) is 4.92. The Hall–Kier alpha value is -3.65. The van der Waals surface area contributed by atoms with Gasteiger partial charge in [0.25, 0.3) is 0 Å². The summed E-state index contributed by atoms with van der Waals surface area (Å²) in [6.07, 6.45) is 3.91. The second-order valence-corrected chi connectivity index (χ2v) is 8.51. The summed E-state index contributed by atoms with van der Waals surface area (Å²) in [6, 6.07) is 20.2. The molecule has 0 saturated heterocycles. The zero-order valence-electron chi connectivity index (χ0n) is 20.0. The molecule has 33 heavy (non-hydrogen) atoms. The van der Waals surface area contributed by atoms with Crippen LogP contribution in [0.1, 0.15) is 40.3 Å². The molecule has 0 aromatic heterocycles. The van der Waals surface area contributed by atoms with E-state index in [2.05, 4.69) is 43.1 Å². The Labute approximate surface area is 196 Å². The lowest BCUT2D eigenvalue weighted by Gasteiger charge is -2.22. The van der Waals surface area contributed by atoms with Crippen LogP contribution in [-0.2, 0) is 0 Å². The van der Waals surface area contributed by atoms with E-state index < -0.39 is 0 Å². The van der Waals surface area contributed by atoms with Crippen molar-refractivity contribution in [1.29, 1.82) is 0 Å². The third-order valence-corrected chi connectivity index (χ3v) is 6.51. The molecule has 0 atom stereocenters. The number of hydrogen-bond acceptors (Lipinski definition) is 1. The summed E-state index contributed by atoms with van der Waals surface area (Å²) in [7, 11) is 1.95. The maximum absolute atomic E-state index is 15.5. The highest BCUT2D eigenvalue weighted by Crippen LogP contribution is 2.41. The van der Waals surface area contributed by atoms with Gasteiger partial charge in [0.15, 0.2) is 0 Å². The van der Waals surface area contributed by atoms with E-state index in [1.54, 1.807) is 6.07 Å². The number of hydrogen-bond donors (Lipinski definition) is 1. The maximum atomic E-state index is 15.5. The summed E-state index contributed by atoms with van der Waals surface area (Å²) in [5.74, 6) is -0.211. The lowest BCUT2D eigenvalue weighted by molar-refractivity contribution is 0.629. The molecule has 0 aliphatic heterocycles. The Balaban J connectivity index is 2.03. The zero-order valence-corrected chi connectivity index (χ0v) is 20.0. The fraction of sp³-hybridized carbons (Fsp3) is 0.161. The molecule has 0 saturated carbocycles. The average molecular weight is 436 g/mol. The number of nitrogens with one attached hydrogen (secondary N) is 1. The largest absolute Gasteiger partial charge is 0.387 e. The molecular weight excluding hydrogens is 405 g/mol. The van der Waals surface area contributed by atoms with Crippen molar-refractivity contribution < 1.29 is 4.39 Å². The van der Waals surface area contributed by atoms with Crippen LogP contribution in [0.15, 0.2) is 73.3 Å². The van der Waals surface area contributed by atoms with Gasteiger partial charge in [0, 0.05) is 23.7 Å². The molecule has 0 heterocycles. The first kappa shape index (κ1) is 22.5. The molecule has 1 N–H and O–H groups in total. The van der Waals surface area contributed by atoms with Crippen LogP contribution in [0, 0.1) is 26.6 Å². The summed E-state index contributed by atoms with van der Waals surface area (Å²) < 4.78 is 15.5. The molecule has 1 nitrogen and oxygen atoms in total. The van der Waals surface area contributed by atoms with Crippen LogP contribution in [0.4, 0.5) is 10.1 Å². The van der Waals surface area contributed by atoms with Crippen molar-refractivity contribution in [3.05, 3.63) is 113 Å². The molecule has 166 valence electrons. The molecule has 4 aromatic carbocycles. The molecule has 0 spiro atoms. The number of fused-ring (bicyclic) bond motifs is 1. The van der Waals surface area contributed by atoms with Crippen LogP contribution in [0.5, 0.6) is 0 Å². The first-order chi connectivity index (χ1) is 15.9. The monoisotopic (exact) mass is 435 g/mol. The molecule has 0 unspecified atom stereocenters. The van der Waals surface area contributed by atoms with Crippen LogP contribution in [-0.4, -0.2) is 7.05 Å². The van der Waals surface area contributed by atoms with E-state index in [0.29, 0.717) is 5.56 Å². The highest BCUT2D eigenvalue weighted by molar-refractivity contribution is 6.01.